The van der Waals surface area contributed by atoms with E-state index in [9.17, 15) is 8.42 Å². The Labute approximate surface area is 88.3 Å². The number of imidazole rings is 1. The first-order valence-electron chi connectivity index (χ1n) is 4.13. The maximum atomic E-state index is 11.0. The topological polar surface area (TPSA) is 52.0 Å². The van der Waals surface area contributed by atoms with E-state index in [2.05, 4.69) is 4.98 Å². The van der Waals surface area contributed by atoms with E-state index in [1.807, 2.05) is 20.8 Å². The van der Waals surface area contributed by atoms with Crippen LogP contribution in [0.2, 0.25) is 0 Å². The molecule has 0 fully saturated rings. The molecule has 14 heavy (non-hydrogen) atoms. The molecule has 4 nitrogen and oxygen atoms in total. The van der Waals surface area contributed by atoms with Crippen molar-refractivity contribution in [1.82, 2.24) is 9.55 Å². The Morgan fingerprint density at radius 3 is 2.14 bits per heavy atom. The molecule has 0 aliphatic heterocycles. The fourth-order valence-corrected chi connectivity index (χ4v) is 1.94. The average Bonchev–Trinajstić information content (AvgIpc) is 2.27. The second-order valence-electron chi connectivity index (χ2n) is 4.11. The molecular weight excluding hydrogens is 224 g/mol. The van der Waals surface area contributed by atoms with E-state index < -0.39 is 9.05 Å². The molecule has 0 aromatic carbocycles. The molecule has 0 radical (unpaired) electrons. The zero-order chi connectivity index (χ0) is 11.1. The quantitative estimate of drug-likeness (QED) is 0.700. The summed E-state index contributed by atoms with van der Waals surface area (Å²) in [5.74, 6) is 0.636. The van der Waals surface area contributed by atoms with Crippen LogP contribution in [0.1, 0.15) is 26.6 Å². The third-order valence-electron chi connectivity index (χ3n) is 1.83. The molecule has 0 atom stereocenters. The van der Waals surface area contributed by atoms with Gasteiger partial charge in [0, 0.05) is 22.4 Å². The fourth-order valence-electron chi connectivity index (χ4n) is 1.24. The summed E-state index contributed by atoms with van der Waals surface area (Å²) in [7, 11) is 1.47. The standard InChI is InChI=1S/C8H13ClN2O2S/c1-6-10-7(14(9,12)13)5-11(6)8(2,3)4/h5H,1-4H3. The van der Waals surface area contributed by atoms with Crippen molar-refractivity contribution in [1.29, 1.82) is 0 Å². The zero-order valence-corrected chi connectivity index (χ0v) is 10.1. The number of aryl methyl sites for hydroxylation is 1. The van der Waals surface area contributed by atoms with Crippen molar-refractivity contribution in [3.05, 3.63) is 12.0 Å². The molecule has 1 aromatic rings. The van der Waals surface area contributed by atoms with Crippen LogP contribution in [-0.4, -0.2) is 18.0 Å². The lowest BCUT2D eigenvalue weighted by molar-refractivity contribution is 0.387. The lowest BCUT2D eigenvalue weighted by Gasteiger charge is -2.21. The summed E-state index contributed by atoms with van der Waals surface area (Å²) in [6, 6.07) is 0. The molecule has 0 aliphatic rings. The first-order chi connectivity index (χ1) is 6.12. The molecule has 0 saturated heterocycles. The number of hydrogen-bond donors (Lipinski definition) is 0. The first-order valence-corrected chi connectivity index (χ1v) is 6.44. The molecule has 0 unspecified atom stereocenters. The monoisotopic (exact) mass is 236 g/mol. The molecule has 6 heteroatoms. The van der Waals surface area contributed by atoms with Crippen molar-refractivity contribution in [3.8, 4) is 0 Å². The van der Waals surface area contributed by atoms with Crippen LogP contribution in [0, 0.1) is 6.92 Å². The fraction of sp³-hybridized carbons (Fsp3) is 0.625. The summed E-state index contributed by atoms with van der Waals surface area (Å²) in [6.07, 6.45) is 1.46. The van der Waals surface area contributed by atoms with Gasteiger partial charge < -0.3 is 4.57 Å². The maximum absolute atomic E-state index is 11.0. The average molecular weight is 237 g/mol. The molecule has 0 amide bonds. The van der Waals surface area contributed by atoms with E-state index >= 15 is 0 Å². The molecule has 0 N–H and O–H groups in total. The first kappa shape index (κ1) is 11.5. The smallest absolute Gasteiger partial charge is 0.280 e. The number of halogens is 1. The van der Waals surface area contributed by atoms with Gasteiger partial charge in [-0.1, -0.05) is 0 Å². The Hall–Kier alpha value is -0.550. The van der Waals surface area contributed by atoms with Crippen LogP contribution in [-0.2, 0) is 14.6 Å². The summed E-state index contributed by atoms with van der Waals surface area (Å²) < 4.78 is 23.8. The molecule has 0 saturated carbocycles. The van der Waals surface area contributed by atoms with Crippen LogP contribution < -0.4 is 0 Å². The molecule has 1 rings (SSSR count). The van der Waals surface area contributed by atoms with Crippen LogP contribution in [0.25, 0.3) is 0 Å². The zero-order valence-electron chi connectivity index (χ0n) is 8.57. The minimum absolute atomic E-state index is 0.0911. The molecule has 1 heterocycles. The Morgan fingerprint density at radius 2 is 1.93 bits per heavy atom. The van der Waals surface area contributed by atoms with Gasteiger partial charge in [0.05, 0.1) is 0 Å². The van der Waals surface area contributed by atoms with Gasteiger partial charge in [-0.15, -0.1) is 0 Å². The highest BCUT2D eigenvalue weighted by Crippen LogP contribution is 2.21. The van der Waals surface area contributed by atoms with Crippen LogP contribution in [0.15, 0.2) is 11.2 Å². The third-order valence-corrected chi connectivity index (χ3v) is 3.00. The van der Waals surface area contributed by atoms with Gasteiger partial charge in [0.1, 0.15) is 5.82 Å². The molecular formula is C8H13ClN2O2S. The van der Waals surface area contributed by atoms with E-state index in [0.29, 0.717) is 5.82 Å². The highest BCUT2D eigenvalue weighted by Gasteiger charge is 2.21. The van der Waals surface area contributed by atoms with Gasteiger partial charge in [-0.2, -0.15) is 0 Å². The number of nitrogens with zero attached hydrogens (tertiary/aromatic N) is 2. The molecule has 80 valence electrons. The van der Waals surface area contributed by atoms with Crippen LogP contribution in [0.5, 0.6) is 0 Å². The van der Waals surface area contributed by atoms with Crippen LogP contribution in [0.4, 0.5) is 0 Å². The van der Waals surface area contributed by atoms with Crippen molar-refractivity contribution in [3.63, 3.8) is 0 Å². The number of hydrogen-bond acceptors (Lipinski definition) is 3. The Kier molecular flexibility index (Phi) is 2.67. The minimum atomic E-state index is -3.72. The van der Waals surface area contributed by atoms with Gasteiger partial charge in [-0.25, -0.2) is 13.4 Å². The Balaban J connectivity index is 3.33. The van der Waals surface area contributed by atoms with Crippen molar-refractivity contribution in [2.45, 2.75) is 38.3 Å². The lowest BCUT2D eigenvalue weighted by Crippen LogP contribution is -2.22. The molecule has 0 spiro atoms. The maximum Gasteiger partial charge on any atom is 0.280 e. The van der Waals surface area contributed by atoms with E-state index in [1.54, 1.807) is 11.5 Å². The van der Waals surface area contributed by atoms with E-state index in [4.69, 9.17) is 10.7 Å². The van der Waals surface area contributed by atoms with Crippen molar-refractivity contribution >= 4 is 19.7 Å². The summed E-state index contributed by atoms with van der Waals surface area (Å²) in [5.41, 5.74) is -0.198. The van der Waals surface area contributed by atoms with Gasteiger partial charge in [-0.05, 0) is 27.7 Å². The molecule has 0 aliphatic carbocycles. The van der Waals surface area contributed by atoms with Gasteiger partial charge in [0.2, 0.25) is 0 Å². The van der Waals surface area contributed by atoms with Crippen LogP contribution in [0.3, 0.4) is 0 Å². The highest BCUT2D eigenvalue weighted by atomic mass is 35.7. The normalized spacial score (nSPS) is 13.2. The summed E-state index contributed by atoms with van der Waals surface area (Å²) in [6.45, 7) is 7.64. The van der Waals surface area contributed by atoms with Gasteiger partial charge >= 0.3 is 0 Å². The van der Waals surface area contributed by atoms with Gasteiger partial charge in [-0.3, -0.25) is 0 Å². The summed E-state index contributed by atoms with van der Waals surface area (Å²) in [4.78, 5) is 3.89. The van der Waals surface area contributed by atoms with E-state index in [-0.39, 0.29) is 10.6 Å². The predicted molar refractivity (Wildman–Crippen MR) is 55.0 cm³/mol. The predicted octanol–water partition coefficient (Wildman–Crippen LogP) is 1.87. The summed E-state index contributed by atoms with van der Waals surface area (Å²) >= 11 is 0. The summed E-state index contributed by atoms with van der Waals surface area (Å²) in [5, 5.41) is -0.0911. The van der Waals surface area contributed by atoms with E-state index in [1.165, 1.54) is 6.20 Å². The Bertz CT molecular complexity index is 442. The number of aromatic nitrogens is 2. The second-order valence-corrected chi connectivity index (χ2v) is 6.62. The molecule has 1 aromatic heterocycles. The van der Waals surface area contributed by atoms with Gasteiger partial charge in [0.15, 0.2) is 5.03 Å². The minimum Gasteiger partial charge on any atom is -0.328 e. The van der Waals surface area contributed by atoms with Crippen molar-refractivity contribution < 1.29 is 8.42 Å². The van der Waals surface area contributed by atoms with Crippen LogP contribution >= 0.6 is 10.7 Å². The lowest BCUT2D eigenvalue weighted by atomic mass is 10.1. The van der Waals surface area contributed by atoms with Crippen molar-refractivity contribution in [2.24, 2.45) is 0 Å². The SMILES string of the molecule is Cc1nc(S(=O)(=O)Cl)cn1C(C)(C)C. The van der Waals surface area contributed by atoms with Gasteiger partial charge in [0.25, 0.3) is 9.05 Å². The second kappa shape index (κ2) is 3.24. The largest absolute Gasteiger partial charge is 0.328 e. The number of rotatable bonds is 1. The third kappa shape index (κ3) is 2.27. The van der Waals surface area contributed by atoms with E-state index in [0.717, 1.165) is 0 Å². The van der Waals surface area contributed by atoms with Crippen molar-refractivity contribution in [2.75, 3.05) is 0 Å². The highest BCUT2D eigenvalue weighted by molar-refractivity contribution is 8.13. The Morgan fingerprint density at radius 1 is 1.43 bits per heavy atom. The molecule has 0 bridgehead atoms.